The average Bonchev–Trinajstić information content (AvgIpc) is 2.29. The first kappa shape index (κ1) is 13.9. The molecule has 1 aromatic carbocycles. The van der Waals surface area contributed by atoms with Gasteiger partial charge in [0, 0.05) is 18.9 Å². The van der Waals surface area contributed by atoms with E-state index in [1.54, 1.807) is 24.3 Å². The molecule has 0 bridgehead atoms. The summed E-state index contributed by atoms with van der Waals surface area (Å²) in [6.07, 6.45) is 0.220. The first-order valence-electron chi connectivity index (χ1n) is 5.94. The Morgan fingerprint density at radius 2 is 1.47 bits per heavy atom. The summed E-state index contributed by atoms with van der Waals surface area (Å²) in [5.41, 5.74) is -0.496. The molecule has 0 atom stereocenters. The number of hydrogen-bond donors (Lipinski definition) is 0. The van der Waals surface area contributed by atoms with Gasteiger partial charge in [0.1, 0.15) is 0 Å². The van der Waals surface area contributed by atoms with Crippen LogP contribution in [0, 0.1) is 5.41 Å². The fraction of sp³-hybridized carbons (Fsp3) is 0.429. The van der Waals surface area contributed by atoms with E-state index in [9.17, 15) is 9.59 Å². The van der Waals surface area contributed by atoms with Gasteiger partial charge in [0.25, 0.3) is 5.79 Å². The average molecular weight is 283 g/mol. The van der Waals surface area contributed by atoms with Crippen LogP contribution in [0.1, 0.15) is 26.3 Å². The zero-order valence-corrected chi connectivity index (χ0v) is 11.8. The maximum atomic E-state index is 12.1. The number of hydrogen-bond acceptors (Lipinski definition) is 4. The third kappa shape index (κ3) is 2.73. The SMILES string of the molecule is CC1(C)OC(=O)C(C)(Cc2ccc(Cl)cc2)C(=O)O1. The molecule has 0 amide bonds. The number of benzene rings is 1. The van der Waals surface area contributed by atoms with Crippen molar-refractivity contribution in [3.63, 3.8) is 0 Å². The van der Waals surface area contributed by atoms with Gasteiger partial charge in [-0.3, -0.25) is 9.59 Å². The second-order valence-electron chi connectivity index (χ2n) is 5.31. The second kappa shape index (κ2) is 4.53. The number of ether oxygens (including phenoxy) is 2. The number of esters is 2. The molecule has 19 heavy (non-hydrogen) atoms. The molecule has 2 rings (SSSR count). The van der Waals surface area contributed by atoms with Crippen molar-refractivity contribution in [2.45, 2.75) is 33.0 Å². The van der Waals surface area contributed by atoms with Crippen molar-refractivity contribution in [3.8, 4) is 0 Å². The van der Waals surface area contributed by atoms with Crippen molar-refractivity contribution in [1.29, 1.82) is 0 Å². The number of halogens is 1. The van der Waals surface area contributed by atoms with E-state index >= 15 is 0 Å². The van der Waals surface area contributed by atoms with Crippen LogP contribution in [-0.2, 0) is 25.5 Å². The molecule has 102 valence electrons. The Labute approximate surface area is 116 Å². The van der Waals surface area contributed by atoms with Crippen LogP contribution in [0.15, 0.2) is 24.3 Å². The van der Waals surface area contributed by atoms with Gasteiger partial charge in [0.15, 0.2) is 5.41 Å². The Balaban J connectivity index is 2.25. The minimum absolute atomic E-state index is 0.220. The van der Waals surface area contributed by atoms with Crippen LogP contribution in [0.5, 0.6) is 0 Å². The zero-order valence-electron chi connectivity index (χ0n) is 11.0. The highest BCUT2D eigenvalue weighted by Crippen LogP contribution is 2.35. The lowest BCUT2D eigenvalue weighted by atomic mass is 9.82. The minimum atomic E-state index is -1.32. The molecule has 1 aliphatic rings. The summed E-state index contributed by atoms with van der Waals surface area (Å²) in [6, 6.07) is 6.97. The quantitative estimate of drug-likeness (QED) is 0.618. The molecule has 0 radical (unpaired) electrons. The molecule has 0 aliphatic carbocycles. The van der Waals surface area contributed by atoms with Gasteiger partial charge in [-0.05, 0) is 31.0 Å². The smallest absolute Gasteiger partial charge is 0.326 e. The highest BCUT2D eigenvalue weighted by Gasteiger charge is 2.52. The molecule has 0 N–H and O–H groups in total. The fourth-order valence-electron chi connectivity index (χ4n) is 1.93. The van der Waals surface area contributed by atoms with E-state index in [4.69, 9.17) is 21.1 Å². The molecule has 1 fully saturated rings. The molecular weight excluding hydrogens is 268 g/mol. The van der Waals surface area contributed by atoms with Gasteiger partial charge in [-0.2, -0.15) is 0 Å². The van der Waals surface area contributed by atoms with Crippen molar-refractivity contribution in [2.75, 3.05) is 0 Å². The second-order valence-corrected chi connectivity index (χ2v) is 5.75. The van der Waals surface area contributed by atoms with Gasteiger partial charge in [0.05, 0.1) is 0 Å². The maximum Gasteiger partial charge on any atom is 0.326 e. The van der Waals surface area contributed by atoms with Crippen LogP contribution in [0.3, 0.4) is 0 Å². The van der Waals surface area contributed by atoms with E-state index < -0.39 is 23.1 Å². The van der Waals surface area contributed by atoms with Gasteiger partial charge < -0.3 is 9.47 Å². The van der Waals surface area contributed by atoms with Crippen molar-refractivity contribution < 1.29 is 19.1 Å². The van der Waals surface area contributed by atoms with Crippen molar-refractivity contribution in [1.82, 2.24) is 0 Å². The lowest BCUT2D eigenvalue weighted by Gasteiger charge is -2.38. The highest BCUT2D eigenvalue weighted by molar-refractivity contribution is 6.30. The lowest BCUT2D eigenvalue weighted by Crippen LogP contribution is -2.53. The van der Waals surface area contributed by atoms with E-state index in [1.807, 2.05) is 0 Å². The number of rotatable bonds is 2. The van der Waals surface area contributed by atoms with Gasteiger partial charge in [-0.15, -0.1) is 0 Å². The van der Waals surface area contributed by atoms with Crippen LogP contribution in [0.25, 0.3) is 0 Å². The first-order chi connectivity index (χ1) is 8.73. The summed E-state index contributed by atoms with van der Waals surface area (Å²) >= 11 is 5.80. The minimum Gasteiger partial charge on any atom is -0.422 e. The van der Waals surface area contributed by atoms with Crippen molar-refractivity contribution >= 4 is 23.5 Å². The summed E-state index contributed by atoms with van der Waals surface area (Å²) in [5.74, 6) is -2.33. The third-order valence-corrected chi connectivity index (χ3v) is 3.30. The summed E-state index contributed by atoms with van der Waals surface area (Å²) in [6.45, 7) is 4.59. The van der Waals surface area contributed by atoms with Crippen LogP contribution in [-0.4, -0.2) is 17.7 Å². The highest BCUT2D eigenvalue weighted by atomic mass is 35.5. The van der Waals surface area contributed by atoms with E-state index in [2.05, 4.69) is 0 Å². The Bertz CT molecular complexity index is 499. The molecule has 1 aliphatic heterocycles. The molecule has 1 aromatic rings. The summed E-state index contributed by atoms with van der Waals surface area (Å²) in [7, 11) is 0. The number of carbonyl (C=O) groups is 2. The van der Waals surface area contributed by atoms with E-state index in [1.165, 1.54) is 20.8 Å². The fourth-order valence-corrected chi connectivity index (χ4v) is 2.06. The molecule has 4 nitrogen and oxygen atoms in total. The Morgan fingerprint density at radius 3 is 1.95 bits per heavy atom. The van der Waals surface area contributed by atoms with Gasteiger partial charge in [-0.1, -0.05) is 23.7 Å². The van der Waals surface area contributed by atoms with E-state index in [0.29, 0.717) is 5.02 Å². The molecule has 5 heteroatoms. The van der Waals surface area contributed by atoms with Gasteiger partial charge in [0.2, 0.25) is 0 Å². The molecular formula is C14H15ClO4. The molecule has 0 spiro atoms. The predicted molar refractivity (Wildman–Crippen MR) is 69.5 cm³/mol. The van der Waals surface area contributed by atoms with Crippen molar-refractivity contribution in [3.05, 3.63) is 34.9 Å². The third-order valence-electron chi connectivity index (χ3n) is 3.05. The van der Waals surface area contributed by atoms with Crippen LogP contribution < -0.4 is 0 Å². The van der Waals surface area contributed by atoms with Gasteiger partial charge in [-0.25, -0.2) is 0 Å². The monoisotopic (exact) mass is 282 g/mol. The maximum absolute atomic E-state index is 12.1. The Morgan fingerprint density at radius 1 is 1.00 bits per heavy atom. The Kier molecular flexibility index (Phi) is 3.31. The van der Waals surface area contributed by atoms with Crippen LogP contribution >= 0.6 is 11.6 Å². The first-order valence-corrected chi connectivity index (χ1v) is 6.32. The van der Waals surface area contributed by atoms with E-state index in [0.717, 1.165) is 5.56 Å². The van der Waals surface area contributed by atoms with Gasteiger partial charge >= 0.3 is 11.9 Å². The molecule has 1 heterocycles. The summed E-state index contributed by atoms with van der Waals surface area (Å²) < 4.78 is 10.3. The zero-order chi connectivity index (χ0) is 14.3. The molecule has 1 saturated heterocycles. The summed E-state index contributed by atoms with van der Waals surface area (Å²) in [4.78, 5) is 24.1. The molecule has 0 unspecified atom stereocenters. The topological polar surface area (TPSA) is 52.6 Å². The summed E-state index contributed by atoms with van der Waals surface area (Å²) in [5, 5.41) is 0.601. The largest absolute Gasteiger partial charge is 0.422 e. The van der Waals surface area contributed by atoms with Crippen molar-refractivity contribution in [2.24, 2.45) is 5.41 Å². The number of carbonyl (C=O) groups excluding carboxylic acids is 2. The normalized spacial score (nSPS) is 20.6. The predicted octanol–water partition coefficient (Wildman–Crippen LogP) is 2.72. The standard InChI is InChI=1S/C14H15ClO4/c1-13(2)18-11(16)14(3,12(17)19-13)8-9-4-6-10(15)7-5-9/h4-7H,8H2,1-3H3. The molecule has 0 aromatic heterocycles. The molecule has 0 saturated carbocycles. The Hall–Kier alpha value is -1.55. The van der Waals surface area contributed by atoms with E-state index in [-0.39, 0.29) is 6.42 Å². The lowest BCUT2D eigenvalue weighted by molar-refractivity contribution is -0.249. The number of cyclic esters (lactones) is 2. The van der Waals surface area contributed by atoms with Crippen LogP contribution in [0.2, 0.25) is 5.02 Å². The van der Waals surface area contributed by atoms with Crippen LogP contribution in [0.4, 0.5) is 0 Å².